The second-order valence-electron chi connectivity index (χ2n) is 8.11. The molecule has 0 aliphatic heterocycles. The molecular formula is C27H31NO8. The Labute approximate surface area is 209 Å². The van der Waals surface area contributed by atoms with Crippen LogP contribution in [-0.2, 0) is 11.2 Å². The van der Waals surface area contributed by atoms with E-state index in [0.29, 0.717) is 35.8 Å². The lowest BCUT2D eigenvalue weighted by atomic mass is 9.88. The molecule has 1 atom stereocenters. The third kappa shape index (κ3) is 6.10. The number of carbonyl (C=O) groups is 1. The minimum atomic E-state index is -0.837. The molecule has 3 aromatic rings. The topological polar surface area (TPSA) is 116 Å². The van der Waals surface area contributed by atoms with Crippen molar-refractivity contribution in [1.29, 1.82) is 0 Å². The van der Waals surface area contributed by atoms with E-state index in [0.717, 1.165) is 11.3 Å². The largest absolute Gasteiger partial charge is 0.507 e. The van der Waals surface area contributed by atoms with Gasteiger partial charge in [-0.3, -0.25) is 4.79 Å². The minimum absolute atomic E-state index is 0.0276. The molecule has 1 heterocycles. The summed E-state index contributed by atoms with van der Waals surface area (Å²) >= 11 is 0. The van der Waals surface area contributed by atoms with Gasteiger partial charge >= 0.3 is 5.63 Å². The van der Waals surface area contributed by atoms with E-state index < -0.39 is 11.5 Å². The summed E-state index contributed by atoms with van der Waals surface area (Å²) in [5.74, 6) is 0.695. The molecule has 192 valence electrons. The van der Waals surface area contributed by atoms with Gasteiger partial charge in [0, 0.05) is 24.9 Å². The molecule has 0 aliphatic carbocycles. The van der Waals surface area contributed by atoms with E-state index in [9.17, 15) is 14.7 Å². The van der Waals surface area contributed by atoms with E-state index in [4.69, 9.17) is 23.4 Å². The third-order valence-electron chi connectivity index (χ3n) is 5.81. The number of aromatic hydroxyl groups is 1. The van der Waals surface area contributed by atoms with Crippen molar-refractivity contribution in [2.24, 2.45) is 0 Å². The van der Waals surface area contributed by atoms with Crippen LogP contribution < -0.4 is 29.9 Å². The SMILES string of the molecule is COc1ccc(CCNC(=O)C[C@@H](c2cc(OC)c(OC)c(OC)c2)c2c(O)cc(C)oc2=O)cc1. The van der Waals surface area contributed by atoms with Gasteiger partial charge in [0.2, 0.25) is 11.7 Å². The normalized spacial score (nSPS) is 11.5. The molecule has 0 saturated heterocycles. The van der Waals surface area contributed by atoms with Gasteiger partial charge < -0.3 is 33.8 Å². The van der Waals surface area contributed by atoms with E-state index in [1.807, 2.05) is 24.3 Å². The zero-order chi connectivity index (χ0) is 26.2. The molecule has 2 N–H and O–H groups in total. The van der Waals surface area contributed by atoms with Gasteiger partial charge in [0.15, 0.2) is 11.5 Å². The molecule has 0 bridgehead atoms. The quantitative estimate of drug-likeness (QED) is 0.413. The molecule has 9 heteroatoms. The van der Waals surface area contributed by atoms with Gasteiger partial charge in [0.25, 0.3) is 0 Å². The number of ether oxygens (including phenoxy) is 4. The summed E-state index contributed by atoms with van der Waals surface area (Å²) in [6, 6.07) is 12.2. The van der Waals surface area contributed by atoms with Gasteiger partial charge in [-0.25, -0.2) is 4.79 Å². The molecule has 0 saturated carbocycles. The molecule has 0 radical (unpaired) electrons. The number of rotatable bonds is 11. The Morgan fingerprint density at radius 2 is 1.61 bits per heavy atom. The average Bonchev–Trinajstić information content (AvgIpc) is 2.87. The molecule has 36 heavy (non-hydrogen) atoms. The number of nitrogens with one attached hydrogen (secondary N) is 1. The van der Waals surface area contributed by atoms with E-state index in [1.165, 1.54) is 27.4 Å². The second kappa shape index (κ2) is 12.0. The summed E-state index contributed by atoms with van der Waals surface area (Å²) in [6.07, 6.45) is 0.491. The van der Waals surface area contributed by atoms with Gasteiger partial charge in [0.05, 0.1) is 34.0 Å². The molecule has 9 nitrogen and oxygen atoms in total. The summed E-state index contributed by atoms with van der Waals surface area (Å²) < 4.78 is 26.7. The Bertz CT molecular complexity index is 1220. The van der Waals surface area contributed by atoms with Crippen LogP contribution in [0.3, 0.4) is 0 Å². The van der Waals surface area contributed by atoms with Crippen molar-refractivity contribution in [3.63, 3.8) is 0 Å². The molecule has 0 unspecified atom stereocenters. The molecule has 3 rings (SSSR count). The van der Waals surface area contributed by atoms with Crippen LogP contribution in [0.5, 0.6) is 28.7 Å². The van der Waals surface area contributed by atoms with Gasteiger partial charge in [-0.2, -0.15) is 0 Å². The van der Waals surface area contributed by atoms with Crippen molar-refractivity contribution >= 4 is 5.91 Å². The van der Waals surface area contributed by atoms with Gasteiger partial charge in [0.1, 0.15) is 17.3 Å². The van der Waals surface area contributed by atoms with E-state index >= 15 is 0 Å². The van der Waals surface area contributed by atoms with Crippen LogP contribution in [-0.4, -0.2) is 46.0 Å². The number of hydrogen-bond donors (Lipinski definition) is 2. The predicted molar refractivity (Wildman–Crippen MR) is 134 cm³/mol. The first-order valence-corrected chi connectivity index (χ1v) is 11.3. The summed E-state index contributed by atoms with van der Waals surface area (Å²) in [5, 5.41) is 13.5. The lowest BCUT2D eigenvalue weighted by molar-refractivity contribution is -0.121. The maximum Gasteiger partial charge on any atom is 0.343 e. The zero-order valence-corrected chi connectivity index (χ0v) is 21.0. The summed E-state index contributed by atoms with van der Waals surface area (Å²) in [7, 11) is 6.03. The second-order valence-corrected chi connectivity index (χ2v) is 8.11. The molecule has 0 spiro atoms. The van der Waals surface area contributed by atoms with Crippen LogP contribution in [0, 0.1) is 6.92 Å². The molecule has 1 amide bonds. The molecular weight excluding hydrogens is 466 g/mol. The lowest BCUT2D eigenvalue weighted by Gasteiger charge is -2.21. The highest BCUT2D eigenvalue weighted by molar-refractivity contribution is 5.78. The predicted octanol–water partition coefficient (Wildman–Crippen LogP) is 3.57. The fourth-order valence-corrected chi connectivity index (χ4v) is 4.01. The first-order valence-electron chi connectivity index (χ1n) is 11.3. The highest BCUT2D eigenvalue weighted by Gasteiger charge is 2.28. The number of methoxy groups -OCH3 is 4. The average molecular weight is 498 g/mol. The fraction of sp³-hybridized carbons (Fsp3) is 0.333. The number of benzene rings is 2. The molecule has 1 aromatic heterocycles. The van der Waals surface area contributed by atoms with Gasteiger partial charge in [-0.1, -0.05) is 12.1 Å². The van der Waals surface area contributed by atoms with Gasteiger partial charge in [-0.15, -0.1) is 0 Å². The van der Waals surface area contributed by atoms with Crippen molar-refractivity contribution in [2.75, 3.05) is 35.0 Å². The number of aryl methyl sites for hydroxylation is 1. The Hall–Kier alpha value is -4.14. The highest BCUT2D eigenvalue weighted by Crippen LogP contribution is 2.42. The number of hydrogen-bond acceptors (Lipinski definition) is 8. The lowest BCUT2D eigenvalue weighted by Crippen LogP contribution is -2.28. The number of amides is 1. The maximum atomic E-state index is 13.0. The summed E-state index contributed by atoms with van der Waals surface area (Å²) in [4.78, 5) is 25.8. The Morgan fingerprint density at radius 1 is 0.972 bits per heavy atom. The maximum absolute atomic E-state index is 13.0. The molecule has 0 aliphatic rings. The van der Waals surface area contributed by atoms with Gasteiger partial charge in [-0.05, 0) is 48.7 Å². The summed E-state index contributed by atoms with van der Waals surface area (Å²) in [6.45, 7) is 1.95. The zero-order valence-electron chi connectivity index (χ0n) is 21.0. The Kier molecular flexibility index (Phi) is 8.83. The summed E-state index contributed by atoms with van der Waals surface area (Å²) in [5.41, 5.74) is 0.799. The van der Waals surface area contributed by atoms with Crippen molar-refractivity contribution < 1.29 is 33.3 Å². The van der Waals surface area contributed by atoms with Crippen molar-refractivity contribution in [3.05, 3.63) is 75.3 Å². The molecule has 2 aromatic carbocycles. The highest BCUT2D eigenvalue weighted by atomic mass is 16.5. The van der Waals surface area contributed by atoms with E-state index in [-0.39, 0.29) is 29.4 Å². The van der Waals surface area contributed by atoms with Crippen molar-refractivity contribution in [3.8, 4) is 28.7 Å². The van der Waals surface area contributed by atoms with Crippen molar-refractivity contribution in [2.45, 2.75) is 25.7 Å². The first kappa shape index (κ1) is 26.5. The first-order chi connectivity index (χ1) is 17.3. The molecule has 0 fully saturated rings. The van der Waals surface area contributed by atoms with Crippen LogP contribution in [0.1, 0.15) is 34.8 Å². The van der Waals surface area contributed by atoms with Crippen LogP contribution >= 0.6 is 0 Å². The van der Waals surface area contributed by atoms with E-state index in [1.54, 1.807) is 26.2 Å². The van der Waals surface area contributed by atoms with Crippen LogP contribution in [0.15, 0.2) is 51.7 Å². The van der Waals surface area contributed by atoms with Crippen molar-refractivity contribution in [1.82, 2.24) is 5.32 Å². The minimum Gasteiger partial charge on any atom is -0.507 e. The van der Waals surface area contributed by atoms with Crippen LogP contribution in [0.4, 0.5) is 0 Å². The fourth-order valence-electron chi connectivity index (χ4n) is 4.01. The standard InChI is InChI=1S/C27H31NO8/c1-16-12-21(29)25(27(31)36-16)20(18-13-22(33-3)26(35-5)23(14-18)34-4)15-24(30)28-11-10-17-6-8-19(32-2)9-7-17/h6-9,12-14,20,29H,10-11,15H2,1-5H3,(H,28,30)/t20-/m0/s1. The van der Waals surface area contributed by atoms with E-state index in [2.05, 4.69) is 5.32 Å². The Morgan fingerprint density at radius 3 is 2.14 bits per heavy atom. The van der Waals surface area contributed by atoms with Crippen LogP contribution in [0.2, 0.25) is 0 Å². The number of carbonyl (C=O) groups excluding carboxylic acids is 1. The monoisotopic (exact) mass is 497 g/mol. The smallest absolute Gasteiger partial charge is 0.343 e. The third-order valence-corrected chi connectivity index (χ3v) is 5.81. The Balaban J connectivity index is 1.90. The van der Waals surface area contributed by atoms with Crippen LogP contribution in [0.25, 0.3) is 0 Å².